The van der Waals surface area contributed by atoms with Gasteiger partial charge >= 0.3 is 0 Å². The molecule has 1 aliphatic rings. The zero-order valence-corrected chi connectivity index (χ0v) is 16.1. The van der Waals surface area contributed by atoms with E-state index in [1.54, 1.807) is 6.08 Å². The van der Waals surface area contributed by atoms with Crippen LogP contribution in [-0.4, -0.2) is 11.6 Å². The molecular formula is C23H30O2. The molecule has 0 spiro atoms. The normalized spacial score (nSPS) is 25.5. The van der Waals surface area contributed by atoms with E-state index >= 15 is 0 Å². The topological polar surface area (TPSA) is 34.1 Å². The Morgan fingerprint density at radius 1 is 1.04 bits per heavy atom. The fourth-order valence-corrected chi connectivity index (χ4v) is 3.14. The van der Waals surface area contributed by atoms with E-state index in [1.807, 2.05) is 63.3 Å². The van der Waals surface area contributed by atoms with Gasteiger partial charge in [0.25, 0.3) is 0 Å². The third kappa shape index (κ3) is 6.30. The fraction of sp³-hybridized carbons (Fsp3) is 0.391. The molecule has 1 rings (SSSR count). The zero-order valence-electron chi connectivity index (χ0n) is 16.1. The molecule has 134 valence electrons. The highest BCUT2D eigenvalue weighted by Gasteiger charge is 2.44. The number of carbonyl (C=O) groups is 2. The van der Waals surface area contributed by atoms with Crippen molar-refractivity contribution in [1.29, 1.82) is 0 Å². The Kier molecular flexibility index (Phi) is 7.76. The summed E-state index contributed by atoms with van der Waals surface area (Å²) in [5, 5.41) is 0. The molecule has 2 unspecified atom stereocenters. The van der Waals surface area contributed by atoms with Gasteiger partial charge in [-0.05, 0) is 25.2 Å². The molecule has 0 aromatic carbocycles. The average molecular weight is 338 g/mol. The van der Waals surface area contributed by atoms with Crippen LogP contribution in [-0.2, 0) is 9.59 Å². The van der Waals surface area contributed by atoms with Crippen LogP contribution in [0.15, 0.2) is 72.4 Å². The number of Topliss-reactive ketones (excluding diaryl/α,β-unsaturated/α-hetero) is 2. The standard InChI is InChI=1S/C23H30O2/c1-7-8-9-11-17(2)12-10-13-18(3)14-15-20-19(4)22(25)21(24)16-23(20,5)6/h7-15,19-20H,1,16H2,2-6H3/b9-8+,12-10+,15-14?,17-11+,18-13+. The minimum atomic E-state index is -0.252. The molecule has 0 bridgehead atoms. The second-order valence-corrected chi connectivity index (χ2v) is 7.43. The van der Waals surface area contributed by atoms with Gasteiger partial charge < -0.3 is 0 Å². The van der Waals surface area contributed by atoms with Crippen LogP contribution >= 0.6 is 0 Å². The van der Waals surface area contributed by atoms with Crippen LogP contribution < -0.4 is 0 Å². The van der Waals surface area contributed by atoms with Crippen LogP contribution in [0, 0.1) is 17.3 Å². The lowest BCUT2D eigenvalue weighted by molar-refractivity contribution is -0.145. The van der Waals surface area contributed by atoms with E-state index in [2.05, 4.69) is 26.5 Å². The van der Waals surface area contributed by atoms with Gasteiger partial charge in [-0.1, -0.05) is 93.2 Å². The molecule has 0 amide bonds. The van der Waals surface area contributed by atoms with Gasteiger partial charge in [0.1, 0.15) is 0 Å². The van der Waals surface area contributed by atoms with E-state index < -0.39 is 0 Å². The Labute approximate surface area is 152 Å². The van der Waals surface area contributed by atoms with Gasteiger partial charge in [-0.25, -0.2) is 0 Å². The number of hydrogen-bond acceptors (Lipinski definition) is 2. The first-order valence-electron chi connectivity index (χ1n) is 8.75. The van der Waals surface area contributed by atoms with Crippen LogP contribution in [0.4, 0.5) is 0 Å². The van der Waals surface area contributed by atoms with Crippen LogP contribution in [0.1, 0.15) is 41.0 Å². The summed E-state index contributed by atoms with van der Waals surface area (Å²) in [5.41, 5.74) is 2.07. The Bertz CT molecular complexity index is 666. The molecule has 0 saturated heterocycles. The van der Waals surface area contributed by atoms with Crippen molar-refractivity contribution >= 4 is 11.6 Å². The lowest BCUT2D eigenvalue weighted by Gasteiger charge is -2.39. The fourth-order valence-electron chi connectivity index (χ4n) is 3.14. The molecule has 0 heterocycles. The summed E-state index contributed by atoms with van der Waals surface area (Å²) in [6.45, 7) is 13.7. The lowest BCUT2D eigenvalue weighted by atomic mass is 9.63. The van der Waals surface area contributed by atoms with Gasteiger partial charge in [-0.3, -0.25) is 9.59 Å². The molecule has 0 aliphatic heterocycles. The molecule has 2 nitrogen and oxygen atoms in total. The molecule has 1 aliphatic carbocycles. The number of ketones is 2. The van der Waals surface area contributed by atoms with Gasteiger partial charge in [0.05, 0.1) is 0 Å². The molecule has 1 saturated carbocycles. The van der Waals surface area contributed by atoms with Crippen molar-refractivity contribution in [2.24, 2.45) is 17.3 Å². The quantitative estimate of drug-likeness (QED) is 0.470. The van der Waals surface area contributed by atoms with Crippen molar-refractivity contribution in [3.05, 3.63) is 72.4 Å². The monoisotopic (exact) mass is 338 g/mol. The van der Waals surface area contributed by atoms with E-state index in [-0.39, 0.29) is 28.8 Å². The van der Waals surface area contributed by atoms with E-state index in [9.17, 15) is 9.59 Å². The van der Waals surface area contributed by atoms with Crippen molar-refractivity contribution in [3.8, 4) is 0 Å². The molecule has 2 atom stereocenters. The zero-order chi connectivity index (χ0) is 19.0. The van der Waals surface area contributed by atoms with Crippen molar-refractivity contribution in [1.82, 2.24) is 0 Å². The van der Waals surface area contributed by atoms with Crippen LogP contribution in [0.2, 0.25) is 0 Å². The largest absolute Gasteiger partial charge is 0.291 e. The van der Waals surface area contributed by atoms with Crippen molar-refractivity contribution in [3.63, 3.8) is 0 Å². The minimum Gasteiger partial charge on any atom is -0.291 e. The summed E-state index contributed by atoms with van der Waals surface area (Å²) in [5.74, 6) is -0.637. The number of carbonyl (C=O) groups excluding carboxylic acids is 2. The first kappa shape index (κ1) is 20.8. The van der Waals surface area contributed by atoms with Gasteiger partial charge in [0.15, 0.2) is 5.78 Å². The summed E-state index contributed by atoms with van der Waals surface area (Å²) in [6, 6.07) is 0. The number of allylic oxidation sites excluding steroid dienone is 11. The smallest absolute Gasteiger partial charge is 0.201 e. The Balaban J connectivity index is 2.80. The predicted octanol–water partition coefficient (Wildman–Crippen LogP) is 5.55. The summed E-state index contributed by atoms with van der Waals surface area (Å²) < 4.78 is 0. The first-order chi connectivity index (χ1) is 11.7. The summed E-state index contributed by atoms with van der Waals surface area (Å²) in [6.07, 6.45) is 18.2. The Morgan fingerprint density at radius 3 is 2.28 bits per heavy atom. The average Bonchev–Trinajstić information content (AvgIpc) is 2.52. The molecular weight excluding hydrogens is 308 g/mol. The number of hydrogen-bond donors (Lipinski definition) is 0. The van der Waals surface area contributed by atoms with E-state index in [4.69, 9.17) is 0 Å². The molecule has 0 N–H and O–H groups in total. The van der Waals surface area contributed by atoms with Crippen LogP contribution in [0.3, 0.4) is 0 Å². The Hall–Kier alpha value is -2.22. The van der Waals surface area contributed by atoms with Gasteiger partial charge in [0.2, 0.25) is 5.78 Å². The van der Waals surface area contributed by atoms with Crippen LogP contribution in [0.25, 0.3) is 0 Å². The Morgan fingerprint density at radius 2 is 1.64 bits per heavy atom. The first-order valence-corrected chi connectivity index (χ1v) is 8.75. The van der Waals surface area contributed by atoms with Crippen molar-refractivity contribution in [2.45, 2.75) is 41.0 Å². The second kappa shape index (κ2) is 9.31. The third-order valence-electron chi connectivity index (χ3n) is 4.64. The SMILES string of the molecule is C=C/C=C/C=C(C)/C=C/C=C(\C)C=CC1C(C)C(=O)C(=O)CC1(C)C. The minimum absolute atomic E-state index is 0.0794. The van der Waals surface area contributed by atoms with Crippen molar-refractivity contribution in [2.75, 3.05) is 0 Å². The highest BCUT2D eigenvalue weighted by molar-refractivity contribution is 6.38. The predicted molar refractivity (Wildman–Crippen MR) is 106 cm³/mol. The maximum absolute atomic E-state index is 12.0. The highest BCUT2D eigenvalue weighted by atomic mass is 16.2. The third-order valence-corrected chi connectivity index (χ3v) is 4.64. The van der Waals surface area contributed by atoms with E-state index in [1.165, 1.54) is 0 Å². The summed E-state index contributed by atoms with van der Waals surface area (Å²) in [7, 11) is 0. The van der Waals surface area contributed by atoms with Gasteiger partial charge in [-0.2, -0.15) is 0 Å². The second-order valence-electron chi connectivity index (χ2n) is 7.43. The highest BCUT2D eigenvalue weighted by Crippen LogP contribution is 2.41. The molecule has 25 heavy (non-hydrogen) atoms. The molecule has 0 radical (unpaired) electrons. The molecule has 2 heteroatoms. The summed E-state index contributed by atoms with van der Waals surface area (Å²) in [4.78, 5) is 23.8. The maximum atomic E-state index is 12.0. The maximum Gasteiger partial charge on any atom is 0.201 e. The van der Waals surface area contributed by atoms with E-state index in [0.717, 1.165) is 11.1 Å². The number of rotatable bonds is 6. The summed E-state index contributed by atoms with van der Waals surface area (Å²) >= 11 is 0. The van der Waals surface area contributed by atoms with E-state index in [0.29, 0.717) is 6.42 Å². The molecule has 0 aromatic heterocycles. The van der Waals surface area contributed by atoms with Crippen LogP contribution in [0.5, 0.6) is 0 Å². The molecule has 0 aromatic rings. The lowest BCUT2D eigenvalue weighted by Crippen LogP contribution is -2.43. The van der Waals surface area contributed by atoms with Gasteiger partial charge in [0, 0.05) is 12.3 Å². The van der Waals surface area contributed by atoms with Crippen molar-refractivity contribution < 1.29 is 9.59 Å². The molecule has 1 fully saturated rings. The van der Waals surface area contributed by atoms with Gasteiger partial charge in [-0.15, -0.1) is 0 Å².